The van der Waals surface area contributed by atoms with Gasteiger partial charge in [0.05, 0.1) is 19.3 Å². The largest absolute Gasteiger partial charge is 0.390 e. The van der Waals surface area contributed by atoms with Gasteiger partial charge >= 0.3 is 0 Å². The second-order valence-corrected chi connectivity index (χ2v) is 28.3. The fourth-order valence-electron chi connectivity index (χ4n) is 11.3. The molecular formula is C66H118ClN11O13. The highest BCUT2D eigenvalue weighted by Gasteiger charge is 2.55. The molecule has 0 aliphatic carbocycles. The third-order valence-electron chi connectivity index (χ3n) is 17.2. The molecule has 13 atom stereocenters. The van der Waals surface area contributed by atoms with Crippen molar-refractivity contribution in [3.05, 3.63) is 12.2 Å². The summed E-state index contributed by atoms with van der Waals surface area (Å²) in [5.41, 5.74) is -2.26. The van der Waals surface area contributed by atoms with Crippen molar-refractivity contribution in [3.63, 3.8) is 0 Å². The maximum absolute atomic E-state index is 16.0. The van der Waals surface area contributed by atoms with Crippen molar-refractivity contribution in [2.45, 2.75) is 241 Å². The molecule has 1 saturated heterocycles. The quantitative estimate of drug-likeness (QED) is 0.0872. The van der Waals surface area contributed by atoms with Crippen LogP contribution in [0.3, 0.4) is 0 Å². The molecule has 1 aliphatic heterocycles. The van der Waals surface area contributed by atoms with Crippen molar-refractivity contribution in [2.24, 2.45) is 41.4 Å². The molecule has 24 nitrogen and oxygen atoms in total. The van der Waals surface area contributed by atoms with E-state index in [1.54, 1.807) is 67.5 Å². The van der Waals surface area contributed by atoms with Crippen LogP contribution in [-0.2, 0) is 57.5 Å². The van der Waals surface area contributed by atoms with Gasteiger partial charge in [0.25, 0.3) is 5.91 Å². The van der Waals surface area contributed by atoms with E-state index >= 15 is 19.2 Å². The Balaban J connectivity index is 4.55. The summed E-state index contributed by atoms with van der Waals surface area (Å²) in [6, 6.07) is -11.6. The Labute approximate surface area is 549 Å². The van der Waals surface area contributed by atoms with E-state index in [0.29, 0.717) is 0 Å². The van der Waals surface area contributed by atoms with Gasteiger partial charge in [-0.1, -0.05) is 109 Å². The van der Waals surface area contributed by atoms with E-state index in [1.165, 1.54) is 82.8 Å². The first kappa shape index (κ1) is 83.1. The van der Waals surface area contributed by atoms with Gasteiger partial charge in [-0.3, -0.25) is 52.7 Å². The molecule has 0 bridgehead atoms. The standard InChI is InChI=1S/C66H118ClN11O13/c1-26-28-29-43(15)55(80)54-59(84)70-47(27-2)61(86)72(19)36-52(79)73(20)48(32-37(3)4)58(83)71-53(41(11)12)64(89)74(21)49(33-38(5)6)57(82)68-45(17)56(81)69-46(18)60(85)75(22)50(34-39(7)8)62(87)76(23)51(35-40(9)10)63(88)78(25)66(42(13)14,65(90)77(54)24)91-31-30-44(16)67/h26,28,37-51,53-55,80H,27,29-36H2,1-25H3,(H,68,82)(H,69,81)(H,70,84)(H,71,83)/b28-26+/t43-,44?,45+,46-,47+,48+,49+,50+,51+,53+,54+,55-,66+/m1/s1. The lowest BCUT2D eigenvalue weighted by molar-refractivity contribution is -0.209. The van der Waals surface area contributed by atoms with E-state index in [0.717, 1.165) is 14.7 Å². The lowest BCUT2D eigenvalue weighted by Gasteiger charge is -2.48. The number of nitrogens with zero attached hydrogens (tertiary/aromatic N) is 7. The first-order chi connectivity index (χ1) is 42.0. The maximum atomic E-state index is 16.0. The monoisotopic (exact) mass is 1310 g/mol. The van der Waals surface area contributed by atoms with Crippen LogP contribution in [0.5, 0.6) is 0 Å². The number of alkyl halides is 1. The lowest BCUT2D eigenvalue weighted by atomic mass is 9.89. The van der Waals surface area contributed by atoms with Crippen LogP contribution in [0.15, 0.2) is 12.2 Å². The molecule has 5 N–H and O–H groups in total. The van der Waals surface area contributed by atoms with Crippen molar-refractivity contribution in [3.8, 4) is 0 Å². The van der Waals surface area contributed by atoms with Crippen molar-refractivity contribution in [1.82, 2.24) is 55.6 Å². The molecule has 91 heavy (non-hydrogen) atoms. The third-order valence-corrected chi connectivity index (χ3v) is 17.4. The molecule has 0 aromatic heterocycles. The Kier molecular flexibility index (Phi) is 34.5. The van der Waals surface area contributed by atoms with Crippen LogP contribution in [0.25, 0.3) is 0 Å². The van der Waals surface area contributed by atoms with Crippen LogP contribution in [0, 0.1) is 41.4 Å². The van der Waals surface area contributed by atoms with Crippen LogP contribution >= 0.6 is 11.6 Å². The Hall–Kier alpha value is -5.88. The Bertz CT molecular complexity index is 2490. The number of hydrogen-bond acceptors (Lipinski definition) is 13. The molecule has 1 heterocycles. The number of rotatable bonds is 19. The van der Waals surface area contributed by atoms with Crippen LogP contribution in [-0.4, -0.2) is 238 Å². The van der Waals surface area contributed by atoms with Crippen molar-refractivity contribution < 1.29 is 62.6 Å². The predicted molar refractivity (Wildman–Crippen MR) is 353 cm³/mol. The van der Waals surface area contributed by atoms with Crippen molar-refractivity contribution >= 4 is 76.6 Å². The zero-order valence-corrected chi connectivity index (χ0v) is 60.5. The third kappa shape index (κ3) is 23.0. The van der Waals surface area contributed by atoms with Crippen molar-refractivity contribution in [1.29, 1.82) is 0 Å². The first-order valence-corrected chi connectivity index (χ1v) is 33.1. The van der Waals surface area contributed by atoms with Gasteiger partial charge in [-0.25, -0.2) is 0 Å². The molecule has 1 rings (SSSR count). The molecule has 25 heteroatoms. The van der Waals surface area contributed by atoms with Crippen LogP contribution in [0.1, 0.15) is 170 Å². The summed E-state index contributed by atoms with van der Waals surface area (Å²) in [4.78, 5) is 171. The second-order valence-electron chi connectivity index (χ2n) is 27.6. The molecule has 0 spiro atoms. The SMILES string of the molecule is C/C=C/C[C@@H](C)[C@@H](O)[C@H]1C(=O)N[C@@H](CC)C(=O)N(C)CC(=O)N(C)[C@@H](CC(C)C)C(=O)N[C@@H](C(C)C)C(=O)N(C)[C@@H](CC(C)C)C(=O)N[C@@H](C)C(=O)N[C@H](C)C(=O)N(C)[C@@H](CC(C)C)C(=O)N(C)[C@@H](CC(C)C)C(=O)N(C)[C@](OCCC(C)Cl)(C(C)C)C(=O)N1C. The zero-order chi connectivity index (χ0) is 70.6. The van der Waals surface area contributed by atoms with Crippen molar-refractivity contribution in [2.75, 3.05) is 62.5 Å². The Morgan fingerprint density at radius 1 is 0.560 bits per heavy atom. The van der Waals surface area contributed by atoms with E-state index in [4.69, 9.17) is 16.3 Å². The fraction of sp³-hybridized carbons (Fsp3) is 0.803. The number of likely N-dealkylation sites (N-methyl/N-ethyl adjacent to an activating group) is 7. The van der Waals surface area contributed by atoms with Gasteiger partial charge in [-0.05, 0) is 108 Å². The minimum absolute atomic E-state index is 0.0178. The van der Waals surface area contributed by atoms with E-state index < -0.39 is 161 Å². The minimum Gasteiger partial charge on any atom is -0.390 e. The second kappa shape index (κ2) is 37.7. The molecule has 0 saturated carbocycles. The molecular weight excluding hydrogens is 1190 g/mol. The summed E-state index contributed by atoms with van der Waals surface area (Å²) < 4.78 is 6.67. The number of allylic oxidation sites excluding steroid dienone is 2. The molecule has 522 valence electrons. The topological polar surface area (TPSA) is 288 Å². The summed E-state index contributed by atoms with van der Waals surface area (Å²) in [5, 5.41) is 22.9. The van der Waals surface area contributed by atoms with Gasteiger partial charge < -0.3 is 65.4 Å². The molecule has 0 aromatic carbocycles. The number of carbonyl (C=O) groups is 11. The number of nitrogens with one attached hydrogen (secondary N) is 4. The van der Waals surface area contributed by atoms with Crippen LogP contribution in [0.2, 0.25) is 0 Å². The van der Waals surface area contributed by atoms with Gasteiger partial charge in [0.2, 0.25) is 64.8 Å². The summed E-state index contributed by atoms with van der Waals surface area (Å²) in [6.45, 7) is 30.6. The number of ether oxygens (including phenoxy) is 1. The van der Waals surface area contributed by atoms with Crippen LogP contribution in [0.4, 0.5) is 0 Å². The van der Waals surface area contributed by atoms with Gasteiger partial charge in [-0.2, -0.15) is 0 Å². The first-order valence-electron chi connectivity index (χ1n) is 32.6. The molecule has 1 fully saturated rings. The Morgan fingerprint density at radius 3 is 1.47 bits per heavy atom. The highest BCUT2D eigenvalue weighted by atomic mass is 35.5. The minimum atomic E-state index is -2.26. The average Bonchev–Trinajstić information content (AvgIpc) is 0.776. The Morgan fingerprint density at radius 2 is 1.01 bits per heavy atom. The molecule has 1 unspecified atom stereocenters. The molecule has 0 radical (unpaired) electrons. The summed E-state index contributed by atoms with van der Waals surface area (Å²) in [7, 11) is 9.74. The van der Waals surface area contributed by atoms with E-state index in [-0.39, 0.29) is 75.2 Å². The van der Waals surface area contributed by atoms with Gasteiger partial charge in [0.15, 0.2) is 0 Å². The highest BCUT2D eigenvalue weighted by molar-refractivity contribution is 6.20. The number of halogens is 1. The molecule has 11 amide bonds. The number of aliphatic hydroxyl groups is 1. The maximum Gasteiger partial charge on any atom is 0.276 e. The number of amides is 11. The number of aliphatic hydroxyl groups excluding tert-OH is 1. The van der Waals surface area contributed by atoms with E-state index in [9.17, 15) is 38.7 Å². The fourth-order valence-corrected chi connectivity index (χ4v) is 11.4. The average molecular weight is 1310 g/mol. The van der Waals surface area contributed by atoms with Gasteiger partial charge in [-0.15, -0.1) is 11.6 Å². The molecule has 0 aromatic rings. The summed E-state index contributed by atoms with van der Waals surface area (Å²) in [6.07, 6.45) is 2.88. The normalized spacial score (nSPS) is 27.1. The summed E-state index contributed by atoms with van der Waals surface area (Å²) >= 11 is 6.48. The molecule has 1 aliphatic rings. The number of carbonyl (C=O) groups excluding carboxylic acids is 11. The van der Waals surface area contributed by atoms with E-state index in [2.05, 4.69) is 21.3 Å². The summed E-state index contributed by atoms with van der Waals surface area (Å²) in [5.74, 6) is -10.8. The highest BCUT2D eigenvalue weighted by Crippen LogP contribution is 2.33. The number of hydrogen-bond donors (Lipinski definition) is 5. The van der Waals surface area contributed by atoms with Crippen LogP contribution < -0.4 is 21.3 Å². The van der Waals surface area contributed by atoms with E-state index in [1.807, 2.05) is 55.4 Å². The van der Waals surface area contributed by atoms with Gasteiger partial charge in [0.1, 0.15) is 54.4 Å². The zero-order valence-electron chi connectivity index (χ0n) is 59.8. The van der Waals surface area contributed by atoms with Gasteiger partial charge in [0, 0.05) is 60.6 Å². The lowest BCUT2D eigenvalue weighted by Crippen LogP contribution is -2.70. The predicted octanol–water partition coefficient (Wildman–Crippen LogP) is 4.63. The smallest absolute Gasteiger partial charge is 0.276 e.